The minimum atomic E-state index is -0.341. The predicted octanol–water partition coefficient (Wildman–Crippen LogP) is 3.22. The van der Waals surface area contributed by atoms with E-state index in [4.69, 9.17) is 0 Å². The predicted molar refractivity (Wildman–Crippen MR) is 124 cm³/mol. The van der Waals surface area contributed by atoms with Crippen LogP contribution in [0.15, 0.2) is 48.5 Å². The summed E-state index contributed by atoms with van der Waals surface area (Å²) in [5.74, 6) is -0.445. The van der Waals surface area contributed by atoms with Crippen LogP contribution in [-0.4, -0.2) is 59.1 Å². The van der Waals surface area contributed by atoms with Crippen LogP contribution in [0.3, 0.4) is 0 Å². The van der Waals surface area contributed by atoms with Gasteiger partial charge in [0.25, 0.3) is 17.7 Å². The van der Waals surface area contributed by atoms with Crippen molar-refractivity contribution in [3.63, 3.8) is 0 Å². The van der Waals surface area contributed by atoms with E-state index in [1.807, 2.05) is 24.3 Å². The minimum absolute atomic E-state index is 0.0163. The van der Waals surface area contributed by atoms with E-state index in [1.165, 1.54) is 5.56 Å². The van der Waals surface area contributed by atoms with E-state index in [0.29, 0.717) is 48.5 Å². The van der Waals surface area contributed by atoms with Gasteiger partial charge in [0.15, 0.2) is 0 Å². The molecule has 33 heavy (non-hydrogen) atoms. The van der Waals surface area contributed by atoms with Crippen molar-refractivity contribution in [3.8, 4) is 0 Å². The van der Waals surface area contributed by atoms with Crippen LogP contribution in [0.4, 0.5) is 0 Å². The smallest absolute Gasteiger partial charge is 0.261 e. The fourth-order valence-corrected chi connectivity index (χ4v) is 4.37. The first-order valence-electron chi connectivity index (χ1n) is 11.5. The van der Waals surface area contributed by atoms with Crippen LogP contribution in [0.5, 0.6) is 0 Å². The Morgan fingerprint density at radius 1 is 0.939 bits per heavy atom. The van der Waals surface area contributed by atoms with E-state index >= 15 is 0 Å². The second kappa shape index (κ2) is 9.57. The molecule has 0 aliphatic carbocycles. The number of nitrogens with one attached hydrogen (secondary N) is 1. The van der Waals surface area contributed by atoms with Crippen LogP contribution in [0.25, 0.3) is 0 Å². The number of piperidine rings is 1. The topological polar surface area (TPSA) is 86.8 Å². The molecule has 172 valence electrons. The Morgan fingerprint density at radius 2 is 1.52 bits per heavy atom. The SMILES string of the molecule is CC(C)c1ccc(C(=O)NC2CCN(C(=O)CCN3C(=O)c4ccccc4C3=O)CC2)cc1. The van der Waals surface area contributed by atoms with E-state index in [1.54, 1.807) is 29.2 Å². The van der Waals surface area contributed by atoms with Gasteiger partial charge >= 0.3 is 0 Å². The van der Waals surface area contributed by atoms with Gasteiger partial charge in [0.1, 0.15) is 0 Å². The van der Waals surface area contributed by atoms with Gasteiger partial charge in [0.2, 0.25) is 5.91 Å². The number of benzene rings is 2. The van der Waals surface area contributed by atoms with Crippen LogP contribution in [0, 0.1) is 0 Å². The van der Waals surface area contributed by atoms with Crippen molar-refractivity contribution in [2.24, 2.45) is 0 Å². The molecule has 2 aromatic rings. The van der Waals surface area contributed by atoms with Crippen molar-refractivity contribution in [2.75, 3.05) is 19.6 Å². The molecular weight excluding hydrogens is 418 g/mol. The highest BCUT2D eigenvalue weighted by molar-refractivity contribution is 6.21. The van der Waals surface area contributed by atoms with Gasteiger partial charge in [-0.15, -0.1) is 0 Å². The number of carbonyl (C=O) groups is 4. The maximum absolute atomic E-state index is 12.7. The second-order valence-corrected chi connectivity index (χ2v) is 8.96. The first-order valence-corrected chi connectivity index (χ1v) is 11.5. The molecule has 0 unspecified atom stereocenters. The van der Waals surface area contributed by atoms with E-state index < -0.39 is 0 Å². The zero-order valence-corrected chi connectivity index (χ0v) is 19.0. The van der Waals surface area contributed by atoms with Crippen LogP contribution in [-0.2, 0) is 4.79 Å². The molecule has 1 fully saturated rings. The lowest BCUT2D eigenvalue weighted by Crippen LogP contribution is -2.47. The number of likely N-dealkylation sites (tertiary alicyclic amines) is 1. The van der Waals surface area contributed by atoms with E-state index in [-0.39, 0.29) is 42.6 Å². The number of rotatable bonds is 6. The average molecular weight is 448 g/mol. The van der Waals surface area contributed by atoms with Crippen molar-refractivity contribution in [1.82, 2.24) is 15.1 Å². The van der Waals surface area contributed by atoms with Crippen LogP contribution >= 0.6 is 0 Å². The third-order valence-electron chi connectivity index (χ3n) is 6.45. The Labute approximate surface area is 193 Å². The lowest BCUT2D eigenvalue weighted by Gasteiger charge is -2.32. The monoisotopic (exact) mass is 447 g/mol. The number of imide groups is 1. The van der Waals surface area contributed by atoms with Gasteiger partial charge in [-0.25, -0.2) is 0 Å². The highest BCUT2D eigenvalue weighted by Gasteiger charge is 2.35. The van der Waals surface area contributed by atoms with Crippen molar-refractivity contribution in [2.45, 2.75) is 45.1 Å². The highest BCUT2D eigenvalue weighted by atomic mass is 16.2. The van der Waals surface area contributed by atoms with Gasteiger partial charge in [-0.2, -0.15) is 0 Å². The molecule has 1 saturated heterocycles. The third-order valence-corrected chi connectivity index (χ3v) is 6.45. The maximum Gasteiger partial charge on any atom is 0.261 e. The summed E-state index contributed by atoms with van der Waals surface area (Å²) in [7, 11) is 0. The second-order valence-electron chi connectivity index (χ2n) is 8.96. The molecule has 2 aliphatic heterocycles. The number of hydrogen-bond donors (Lipinski definition) is 1. The summed E-state index contributed by atoms with van der Waals surface area (Å²) in [6.45, 7) is 5.39. The molecule has 7 nitrogen and oxygen atoms in total. The first kappa shape index (κ1) is 22.7. The summed E-state index contributed by atoms with van der Waals surface area (Å²) >= 11 is 0. The van der Waals surface area contributed by atoms with Crippen molar-refractivity contribution in [3.05, 3.63) is 70.8 Å². The van der Waals surface area contributed by atoms with Crippen LogP contribution in [0.1, 0.15) is 75.7 Å². The number of amides is 4. The van der Waals surface area contributed by atoms with Gasteiger partial charge in [0, 0.05) is 37.7 Å². The maximum atomic E-state index is 12.7. The van der Waals surface area contributed by atoms with Crippen LogP contribution < -0.4 is 5.32 Å². The quantitative estimate of drug-likeness (QED) is 0.689. The Bertz CT molecular complexity index is 1030. The molecule has 0 radical (unpaired) electrons. The average Bonchev–Trinajstić information content (AvgIpc) is 3.07. The fraction of sp³-hybridized carbons (Fsp3) is 0.385. The van der Waals surface area contributed by atoms with Gasteiger partial charge < -0.3 is 10.2 Å². The van der Waals surface area contributed by atoms with Gasteiger partial charge in [0.05, 0.1) is 11.1 Å². The van der Waals surface area contributed by atoms with Gasteiger partial charge in [-0.1, -0.05) is 38.1 Å². The van der Waals surface area contributed by atoms with E-state index in [0.717, 1.165) is 4.90 Å². The van der Waals surface area contributed by atoms with E-state index in [2.05, 4.69) is 19.2 Å². The van der Waals surface area contributed by atoms with E-state index in [9.17, 15) is 19.2 Å². The standard InChI is InChI=1S/C26H29N3O4/c1-17(2)18-7-9-19(10-8-18)24(31)27-20-11-14-28(15-12-20)23(30)13-16-29-25(32)21-5-3-4-6-22(21)26(29)33/h3-10,17,20H,11-16H2,1-2H3,(H,27,31). The van der Waals surface area contributed by atoms with Crippen molar-refractivity contribution < 1.29 is 19.2 Å². The lowest BCUT2D eigenvalue weighted by molar-refractivity contribution is -0.132. The molecule has 0 bridgehead atoms. The van der Waals surface area contributed by atoms with Gasteiger partial charge in [-0.05, 0) is 48.6 Å². The zero-order valence-electron chi connectivity index (χ0n) is 19.0. The summed E-state index contributed by atoms with van der Waals surface area (Å²) in [4.78, 5) is 53.0. The number of carbonyl (C=O) groups excluding carboxylic acids is 4. The largest absolute Gasteiger partial charge is 0.349 e. The van der Waals surface area contributed by atoms with Crippen molar-refractivity contribution >= 4 is 23.6 Å². The molecule has 4 rings (SSSR count). The molecular formula is C26H29N3O4. The Hall–Kier alpha value is -3.48. The molecule has 0 atom stereocenters. The molecule has 1 N–H and O–H groups in total. The Balaban J connectivity index is 1.24. The van der Waals surface area contributed by atoms with Crippen molar-refractivity contribution in [1.29, 1.82) is 0 Å². The molecule has 4 amide bonds. The molecule has 2 aliphatic rings. The molecule has 2 heterocycles. The normalized spacial score (nSPS) is 16.3. The lowest BCUT2D eigenvalue weighted by atomic mass is 10.0. The zero-order chi connectivity index (χ0) is 23.5. The summed E-state index contributed by atoms with van der Waals surface area (Å²) in [5, 5.41) is 3.07. The Kier molecular flexibility index (Phi) is 6.58. The number of nitrogens with zero attached hydrogens (tertiary/aromatic N) is 2. The fourth-order valence-electron chi connectivity index (χ4n) is 4.37. The molecule has 0 aromatic heterocycles. The van der Waals surface area contributed by atoms with Gasteiger partial charge in [-0.3, -0.25) is 24.1 Å². The number of fused-ring (bicyclic) bond motifs is 1. The molecule has 2 aromatic carbocycles. The number of hydrogen-bond acceptors (Lipinski definition) is 4. The Morgan fingerprint density at radius 3 is 2.06 bits per heavy atom. The first-order chi connectivity index (χ1) is 15.8. The summed E-state index contributed by atoms with van der Waals surface area (Å²) in [6, 6.07) is 14.4. The molecule has 0 saturated carbocycles. The van der Waals surface area contributed by atoms with Crippen LogP contribution in [0.2, 0.25) is 0 Å². The molecule has 7 heteroatoms. The highest BCUT2D eigenvalue weighted by Crippen LogP contribution is 2.23. The summed E-state index contributed by atoms with van der Waals surface area (Å²) in [6.07, 6.45) is 1.45. The summed E-state index contributed by atoms with van der Waals surface area (Å²) < 4.78 is 0. The summed E-state index contributed by atoms with van der Waals surface area (Å²) in [5.41, 5.74) is 2.62. The minimum Gasteiger partial charge on any atom is -0.349 e. The molecule has 0 spiro atoms. The third kappa shape index (κ3) is 4.82.